The first-order chi connectivity index (χ1) is 11.6. The molecule has 1 unspecified atom stereocenters. The molecule has 1 fully saturated rings. The Hall–Kier alpha value is -1.84. The van der Waals surface area contributed by atoms with Gasteiger partial charge in [0.1, 0.15) is 0 Å². The van der Waals surface area contributed by atoms with E-state index < -0.39 is 10.8 Å². The van der Waals surface area contributed by atoms with Crippen LogP contribution in [0.15, 0.2) is 23.1 Å². The zero-order valence-corrected chi connectivity index (χ0v) is 16.3. The van der Waals surface area contributed by atoms with Crippen molar-refractivity contribution >= 4 is 41.7 Å². The van der Waals surface area contributed by atoms with Crippen LogP contribution in [0, 0.1) is 15.5 Å². The minimum Gasteiger partial charge on any atom is -0.366 e. The van der Waals surface area contributed by atoms with Crippen LogP contribution in [0.2, 0.25) is 0 Å². The Morgan fingerprint density at radius 2 is 2.08 bits per heavy atom. The normalized spacial score (nSPS) is 18.7. The molecule has 2 rings (SSSR count). The van der Waals surface area contributed by atoms with Crippen molar-refractivity contribution in [1.29, 1.82) is 0 Å². The van der Waals surface area contributed by atoms with E-state index in [0.717, 1.165) is 24.2 Å². The molecule has 0 saturated carbocycles. The number of nitrogens with two attached hydrogens (primary N) is 2. The number of nitrogens with zero attached hydrogens (tertiary/aromatic N) is 2. The van der Waals surface area contributed by atoms with E-state index in [2.05, 4.69) is 0 Å². The number of hydrogen-bond acceptors (Lipinski definition) is 6. The van der Waals surface area contributed by atoms with Crippen molar-refractivity contribution < 1.29 is 14.5 Å². The Morgan fingerprint density at radius 3 is 2.62 bits per heavy atom. The number of nitro groups is 1. The van der Waals surface area contributed by atoms with Gasteiger partial charge in [-0.25, -0.2) is 0 Å². The lowest BCUT2D eigenvalue weighted by atomic mass is 9.80. The Kier molecular flexibility index (Phi) is 7.43. The Labute approximate surface area is 162 Å². The predicted octanol–water partition coefficient (Wildman–Crippen LogP) is 1.79. The zero-order valence-electron chi connectivity index (χ0n) is 14.6. The number of rotatable bonds is 5. The van der Waals surface area contributed by atoms with Gasteiger partial charge in [-0.3, -0.25) is 19.7 Å². The molecule has 10 heteroatoms. The molecule has 1 aliphatic heterocycles. The van der Waals surface area contributed by atoms with Crippen LogP contribution in [-0.4, -0.2) is 46.5 Å². The van der Waals surface area contributed by atoms with Crippen LogP contribution in [0.3, 0.4) is 0 Å². The zero-order chi connectivity index (χ0) is 18.8. The van der Waals surface area contributed by atoms with E-state index in [4.69, 9.17) is 11.5 Å². The second-order valence-electron chi connectivity index (χ2n) is 6.79. The lowest BCUT2D eigenvalue weighted by Crippen LogP contribution is -2.54. The van der Waals surface area contributed by atoms with Crippen molar-refractivity contribution in [2.45, 2.75) is 31.2 Å². The van der Waals surface area contributed by atoms with Crippen LogP contribution in [0.25, 0.3) is 0 Å². The number of carbonyl (C=O) groups excluding carboxylic acids is 2. The van der Waals surface area contributed by atoms with Gasteiger partial charge in [-0.2, -0.15) is 0 Å². The van der Waals surface area contributed by atoms with Crippen molar-refractivity contribution in [2.75, 3.05) is 18.8 Å². The molecule has 1 saturated heterocycles. The van der Waals surface area contributed by atoms with E-state index in [0.29, 0.717) is 18.0 Å². The molecule has 1 aromatic carbocycles. The van der Waals surface area contributed by atoms with E-state index in [1.54, 1.807) is 4.90 Å². The van der Waals surface area contributed by atoms with Gasteiger partial charge in [-0.05, 0) is 24.0 Å². The highest BCUT2D eigenvalue weighted by Crippen LogP contribution is 2.32. The fraction of sp³-hybridized carbons (Fsp3) is 0.500. The third kappa shape index (κ3) is 5.09. The maximum absolute atomic E-state index is 12.4. The topological polar surface area (TPSA) is 133 Å². The monoisotopic (exact) mass is 402 g/mol. The smallest absolute Gasteiger partial charge is 0.283 e. The maximum atomic E-state index is 12.4. The van der Waals surface area contributed by atoms with E-state index in [1.165, 1.54) is 12.1 Å². The average molecular weight is 403 g/mol. The van der Waals surface area contributed by atoms with Crippen molar-refractivity contribution in [2.24, 2.45) is 16.9 Å². The van der Waals surface area contributed by atoms with Gasteiger partial charge in [0.15, 0.2) is 0 Å². The third-order valence-electron chi connectivity index (χ3n) is 4.46. The lowest BCUT2D eigenvalue weighted by Gasteiger charge is -2.42. The van der Waals surface area contributed by atoms with Crippen LogP contribution in [0.5, 0.6) is 0 Å². The number of nitro benzene ring substituents is 1. The molecule has 0 aliphatic carbocycles. The van der Waals surface area contributed by atoms with Crippen LogP contribution in [0.1, 0.15) is 30.6 Å². The number of piperidine rings is 1. The van der Waals surface area contributed by atoms with Gasteiger partial charge in [0.25, 0.3) is 5.69 Å². The molecule has 8 nitrogen and oxygen atoms in total. The SMILES string of the molecule is CC1(C)CN(C(=O)CSc2ccc(C(N)=O)cc2[N+](=O)[O-])CCC1N.Cl. The molecular weight excluding hydrogens is 380 g/mol. The molecule has 26 heavy (non-hydrogen) atoms. The summed E-state index contributed by atoms with van der Waals surface area (Å²) in [5.41, 5.74) is 10.9. The molecule has 2 amide bonds. The van der Waals surface area contributed by atoms with Crippen molar-refractivity contribution in [1.82, 2.24) is 4.90 Å². The molecule has 0 aromatic heterocycles. The molecule has 1 heterocycles. The van der Waals surface area contributed by atoms with Gasteiger partial charge < -0.3 is 16.4 Å². The van der Waals surface area contributed by atoms with E-state index in [-0.39, 0.29) is 46.8 Å². The largest absolute Gasteiger partial charge is 0.366 e. The molecule has 0 spiro atoms. The quantitative estimate of drug-likeness (QED) is 0.438. The summed E-state index contributed by atoms with van der Waals surface area (Å²) >= 11 is 1.08. The van der Waals surface area contributed by atoms with E-state index in [1.807, 2.05) is 13.8 Å². The first-order valence-electron chi connectivity index (χ1n) is 7.86. The number of amides is 2. The van der Waals surface area contributed by atoms with Gasteiger partial charge in [0.05, 0.1) is 15.6 Å². The summed E-state index contributed by atoms with van der Waals surface area (Å²) in [6.07, 6.45) is 0.733. The number of halogens is 1. The van der Waals surface area contributed by atoms with Gasteiger partial charge in [0, 0.05) is 30.8 Å². The van der Waals surface area contributed by atoms with Crippen molar-refractivity contribution in [3.63, 3.8) is 0 Å². The number of likely N-dealkylation sites (tertiary alicyclic amines) is 1. The summed E-state index contributed by atoms with van der Waals surface area (Å²) in [5.74, 6) is -0.733. The van der Waals surface area contributed by atoms with E-state index >= 15 is 0 Å². The summed E-state index contributed by atoms with van der Waals surface area (Å²) in [6.45, 7) is 5.21. The molecule has 1 atom stereocenters. The predicted molar refractivity (Wildman–Crippen MR) is 103 cm³/mol. The third-order valence-corrected chi connectivity index (χ3v) is 5.50. The number of primary amides is 1. The van der Waals surface area contributed by atoms with Gasteiger partial charge in [0.2, 0.25) is 11.8 Å². The fourth-order valence-electron chi connectivity index (χ4n) is 2.75. The molecule has 0 bridgehead atoms. The average Bonchev–Trinajstić information content (AvgIpc) is 2.54. The molecule has 144 valence electrons. The summed E-state index contributed by atoms with van der Waals surface area (Å²) in [4.78, 5) is 36.3. The Morgan fingerprint density at radius 1 is 1.42 bits per heavy atom. The molecular formula is C16H23ClN4O4S. The first kappa shape index (κ1) is 22.2. The fourth-order valence-corrected chi connectivity index (χ4v) is 3.66. The molecule has 4 N–H and O–H groups in total. The highest BCUT2D eigenvalue weighted by Gasteiger charge is 2.35. The van der Waals surface area contributed by atoms with Gasteiger partial charge in [-0.1, -0.05) is 13.8 Å². The second-order valence-corrected chi connectivity index (χ2v) is 7.81. The number of hydrogen-bond donors (Lipinski definition) is 2. The van der Waals surface area contributed by atoms with Gasteiger partial charge in [-0.15, -0.1) is 24.2 Å². The van der Waals surface area contributed by atoms with Crippen LogP contribution < -0.4 is 11.5 Å². The highest BCUT2D eigenvalue weighted by molar-refractivity contribution is 8.00. The first-order valence-corrected chi connectivity index (χ1v) is 8.85. The summed E-state index contributed by atoms with van der Waals surface area (Å²) < 4.78 is 0. The van der Waals surface area contributed by atoms with E-state index in [9.17, 15) is 19.7 Å². The minimum absolute atomic E-state index is 0. The van der Waals surface area contributed by atoms with Crippen LogP contribution in [-0.2, 0) is 4.79 Å². The van der Waals surface area contributed by atoms with Crippen molar-refractivity contribution in [3.05, 3.63) is 33.9 Å². The maximum Gasteiger partial charge on any atom is 0.283 e. The standard InChI is InChI=1S/C16H22N4O4S.ClH/c1-16(2)9-19(6-5-13(16)17)14(21)8-25-12-4-3-10(15(18)22)7-11(12)20(23)24;/h3-4,7,13H,5-6,8-9,17H2,1-2H3,(H2,18,22);1H. The molecule has 1 aliphatic rings. The lowest BCUT2D eigenvalue weighted by molar-refractivity contribution is -0.387. The highest BCUT2D eigenvalue weighted by atomic mass is 35.5. The summed E-state index contributed by atoms with van der Waals surface area (Å²) in [6, 6.07) is 4.06. The Bertz CT molecular complexity index is 713. The summed E-state index contributed by atoms with van der Waals surface area (Å²) in [5, 5.41) is 11.2. The number of benzene rings is 1. The van der Waals surface area contributed by atoms with Gasteiger partial charge >= 0.3 is 0 Å². The van der Waals surface area contributed by atoms with Crippen molar-refractivity contribution in [3.8, 4) is 0 Å². The Balaban J connectivity index is 0.00000338. The molecule has 1 aromatic rings. The van der Waals surface area contributed by atoms with Crippen LogP contribution in [0.4, 0.5) is 5.69 Å². The number of carbonyl (C=O) groups is 2. The second kappa shape index (κ2) is 8.70. The minimum atomic E-state index is -0.734. The molecule has 0 radical (unpaired) electrons. The number of thioether (sulfide) groups is 1. The summed E-state index contributed by atoms with van der Waals surface area (Å²) in [7, 11) is 0. The van der Waals surface area contributed by atoms with Crippen LogP contribution >= 0.6 is 24.2 Å².